The zero-order valence-electron chi connectivity index (χ0n) is 38.0. The predicted octanol–water partition coefficient (Wildman–Crippen LogP) is 9.14. The Morgan fingerprint density at radius 3 is 2.45 bits per heavy atom. The number of benzene rings is 2. The smallest absolute Gasteiger partial charge is 0.312 e. The molecule has 2 aromatic carbocycles. The Bertz CT molecular complexity index is 2930. The number of ether oxygens (including phenoxy) is 1. The molecule has 5 fully saturated rings. The largest absolute Gasteiger partial charge is 0.455 e. The standard InChI is InChI=1S/C49H59N9O7S2/c1-48(2)14-11-32(12-15-48)28-52-46-42(58(60)61)25-38(30-54-46)67(63,64)55-47(59)41-10-9-35(24-44(41)65-37-23-34-13-18-51-45(34)53-29-37)56-19-16-49(17-20-56)26-36(27-49)57-21-22-66(50,62)31-43(57)40-6-4-3-5-39(40)33-7-8-33/h3-6,9-10,13,18,23-25,29-30,32-33,36,43,50H,7-8,11-12,14-17,19-22,26-28,31H2,1-2H3,(H,51,53)(H,52,54)(H,55,59)/t43-,66?/m1/s1. The number of fused-ring (bicyclic) bond motifs is 1. The number of nitrogens with zero attached hydrogens (tertiary/aromatic N) is 5. The van der Waals surface area contributed by atoms with Crippen LogP contribution in [0.3, 0.4) is 0 Å². The first kappa shape index (κ1) is 45.2. The number of nitro groups is 1. The second-order valence-corrected chi connectivity index (χ2v) is 24.5. The lowest BCUT2D eigenvalue weighted by atomic mass is 9.59. The first-order valence-corrected chi connectivity index (χ1v) is 26.9. The number of H-pyrrole nitrogens is 1. The molecule has 3 aromatic heterocycles. The predicted molar refractivity (Wildman–Crippen MR) is 258 cm³/mol. The molecule has 18 heteroatoms. The highest BCUT2D eigenvalue weighted by Gasteiger charge is 2.50. The molecule has 4 N–H and O–H groups in total. The Labute approximate surface area is 391 Å². The highest BCUT2D eigenvalue weighted by atomic mass is 32.2. The zero-order chi connectivity index (χ0) is 46.7. The molecule has 5 heterocycles. The van der Waals surface area contributed by atoms with Crippen LogP contribution in [0.15, 0.2) is 84.1 Å². The van der Waals surface area contributed by atoms with E-state index in [9.17, 15) is 27.5 Å². The molecular weight excluding hydrogens is 891 g/mol. The summed E-state index contributed by atoms with van der Waals surface area (Å²) in [6, 6.07) is 18.6. The molecule has 3 aliphatic carbocycles. The van der Waals surface area contributed by atoms with Gasteiger partial charge in [0, 0.05) is 83.1 Å². The van der Waals surface area contributed by atoms with Crippen molar-refractivity contribution in [2.75, 3.05) is 47.9 Å². The number of piperidine rings is 1. The Hall–Kier alpha value is -5.59. The van der Waals surface area contributed by atoms with Crippen molar-refractivity contribution in [3.8, 4) is 11.5 Å². The van der Waals surface area contributed by atoms with Gasteiger partial charge in [-0.1, -0.05) is 38.1 Å². The summed E-state index contributed by atoms with van der Waals surface area (Å²) >= 11 is 0. The number of anilines is 2. The van der Waals surface area contributed by atoms with Crippen LogP contribution in [0.4, 0.5) is 17.2 Å². The molecule has 1 spiro atoms. The number of rotatable bonds is 13. The minimum Gasteiger partial charge on any atom is -0.455 e. The summed E-state index contributed by atoms with van der Waals surface area (Å²) < 4.78 is 57.8. The van der Waals surface area contributed by atoms with E-state index in [2.05, 4.69) is 72.9 Å². The molecule has 10 rings (SSSR count). The van der Waals surface area contributed by atoms with E-state index in [1.807, 2.05) is 6.07 Å². The van der Waals surface area contributed by atoms with Crippen molar-refractivity contribution < 1.29 is 27.1 Å². The Kier molecular flexibility index (Phi) is 11.8. The third-order valence-electron chi connectivity index (χ3n) is 15.3. The maximum atomic E-state index is 14.0. The lowest BCUT2D eigenvalue weighted by molar-refractivity contribution is -0.384. The van der Waals surface area contributed by atoms with Gasteiger partial charge in [-0.25, -0.2) is 27.3 Å². The van der Waals surface area contributed by atoms with Crippen molar-refractivity contribution in [1.82, 2.24) is 24.6 Å². The highest BCUT2D eigenvalue weighted by Crippen LogP contribution is 2.54. The lowest BCUT2D eigenvalue weighted by Crippen LogP contribution is -2.58. The molecule has 5 aliphatic rings. The van der Waals surface area contributed by atoms with E-state index in [4.69, 9.17) is 9.52 Å². The topological polar surface area (TPSA) is 217 Å². The summed E-state index contributed by atoms with van der Waals surface area (Å²) in [7, 11) is -7.27. The van der Waals surface area contributed by atoms with Crippen LogP contribution >= 0.6 is 0 Å². The van der Waals surface area contributed by atoms with Crippen molar-refractivity contribution >= 4 is 53.9 Å². The summed E-state index contributed by atoms with van der Waals surface area (Å²) in [4.78, 5) is 41.4. The second-order valence-electron chi connectivity index (χ2n) is 20.5. The van der Waals surface area contributed by atoms with E-state index < -0.39 is 41.2 Å². The van der Waals surface area contributed by atoms with Gasteiger partial charge < -0.3 is 19.9 Å². The summed E-state index contributed by atoms with van der Waals surface area (Å²) in [6.45, 7) is 7.17. The van der Waals surface area contributed by atoms with Gasteiger partial charge in [0.2, 0.25) is 5.82 Å². The number of hydrogen-bond acceptors (Lipinski definition) is 13. The SMILES string of the molecule is CC1(C)CCC(CNc2ncc(S(=O)(=O)NC(=O)c3ccc(N4CCC5(CC4)CC(N4CCS(=N)(=O)C[C@@H]4c4ccccc4C4CC4)C5)cc3Oc3cnc4[nH]ccc4c3)cc2[N+](=O)[O-])CC1. The van der Waals surface area contributed by atoms with Crippen LogP contribution in [-0.2, 0) is 19.8 Å². The van der Waals surface area contributed by atoms with Gasteiger partial charge >= 0.3 is 5.69 Å². The molecule has 0 bridgehead atoms. The molecule has 1 amide bonds. The van der Waals surface area contributed by atoms with Crippen molar-refractivity contribution in [3.05, 3.63) is 106 Å². The number of carbonyl (C=O) groups excluding carboxylic acids is 1. The summed E-state index contributed by atoms with van der Waals surface area (Å²) in [5, 5.41) is 16.0. The number of hydrogen-bond donors (Lipinski definition) is 4. The molecule has 1 unspecified atom stereocenters. The summed E-state index contributed by atoms with van der Waals surface area (Å²) in [6.07, 6.45) is 14.8. The average molecular weight is 950 g/mol. The van der Waals surface area contributed by atoms with E-state index in [0.29, 0.717) is 53.9 Å². The second kappa shape index (κ2) is 17.5. The van der Waals surface area contributed by atoms with E-state index in [-0.39, 0.29) is 34.0 Å². The fraction of sp³-hybridized carbons (Fsp3) is 0.490. The average Bonchev–Trinajstić information content (AvgIpc) is 4.04. The Morgan fingerprint density at radius 2 is 1.72 bits per heavy atom. The molecule has 2 atom stereocenters. The van der Waals surface area contributed by atoms with Crippen LogP contribution in [0.2, 0.25) is 0 Å². The van der Waals surface area contributed by atoms with Gasteiger partial charge in [-0.3, -0.25) is 24.6 Å². The van der Waals surface area contributed by atoms with Crippen LogP contribution in [0.5, 0.6) is 11.5 Å². The van der Waals surface area contributed by atoms with Crippen LogP contribution < -0.4 is 19.7 Å². The molecule has 2 saturated heterocycles. The van der Waals surface area contributed by atoms with Crippen LogP contribution in [0.25, 0.3) is 11.0 Å². The molecule has 2 aliphatic heterocycles. The number of aromatic amines is 1. The zero-order valence-corrected chi connectivity index (χ0v) is 39.7. The normalized spacial score (nSPS) is 23.4. The number of pyridine rings is 2. The highest BCUT2D eigenvalue weighted by molar-refractivity contribution is 7.92. The first-order valence-electron chi connectivity index (χ1n) is 23.6. The van der Waals surface area contributed by atoms with Gasteiger partial charge in [0.15, 0.2) is 0 Å². The molecule has 3 saturated carbocycles. The van der Waals surface area contributed by atoms with E-state index >= 15 is 0 Å². The van der Waals surface area contributed by atoms with Gasteiger partial charge in [0.25, 0.3) is 15.9 Å². The fourth-order valence-electron chi connectivity index (χ4n) is 11.0. The number of carbonyl (C=O) groups is 1. The van der Waals surface area contributed by atoms with E-state index in [0.717, 1.165) is 87.8 Å². The first-order chi connectivity index (χ1) is 32.0. The summed E-state index contributed by atoms with van der Waals surface area (Å²) in [5.41, 5.74) is 3.98. The van der Waals surface area contributed by atoms with Crippen LogP contribution in [0.1, 0.15) is 112 Å². The van der Waals surface area contributed by atoms with Crippen molar-refractivity contribution in [1.29, 1.82) is 4.78 Å². The molecule has 16 nitrogen and oxygen atoms in total. The summed E-state index contributed by atoms with van der Waals surface area (Å²) in [5.74, 6) is 1.15. The van der Waals surface area contributed by atoms with E-state index in [1.165, 1.54) is 30.2 Å². The lowest BCUT2D eigenvalue weighted by Gasteiger charge is -2.57. The fourth-order valence-corrected chi connectivity index (χ4v) is 13.5. The van der Waals surface area contributed by atoms with Gasteiger partial charge in [-0.05, 0) is 122 Å². The van der Waals surface area contributed by atoms with E-state index in [1.54, 1.807) is 30.5 Å². The Balaban J connectivity index is 0.840. The van der Waals surface area contributed by atoms with Gasteiger partial charge in [-0.15, -0.1) is 0 Å². The van der Waals surface area contributed by atoms with Crippen molar-refractivity contribution in [3.63, 3.8) is 0 Å². The number of aromatic nitrogens is 3. The molecule has 5 aromatic rings. The molecule has 354 valence electrons. The van der Waals surface area contributed by atoms with Crippen LogP contribution in [-0.4, -0.2) is 87.0 Å². The third kappa shape index (κ3) is 9.61. The van der Waals surface area contributed by atoms with Gasteiger partial charge in [0.1, 0.15) is 22.0 Å². The van der Waals surface area contributed by atoms with Crippen LogP contribution in [0, 0.1) is 31.6 Å². The Morgan fingerprint density at radius 1 is 0.970 bits per heavy atom. The minimum absolute atomic E-state index is 0.00251. The van der Waals surface area contributed by atoms with Crippen molar-refractivity contribution in [2.24, 2.45) is 16.7 Å². The molecular formula is C49H59N9O7S2. The molecule has 0 radical (unpaired) electrons. The monoisotopic (exact) mass is 949 g/mol. The number of amides is 1. The molecule has 67 heavy (non-hydrogen) atoms. The number of sulfonamides is 1. The maximum absolute atomic E-state index is 14.0. The number of nitrogens with one attached hydrogen (secondary N) is 4. The third-order valence-corrected chi connectivity index (χ3v) is 18.3. The quantitative estimate of drug-likeness (QED) is 0.0642. The van der Waals surface area contributed by atoms with Crippen molar-refractivity contribution in [2.45, 2.75) is 101 Å². The maximum Gasteiger partial charge on any atom is 0.312 e. The van der Waals surface area contributed by atoms with Gasteiger partial charge in [0.05, 0.1) is 28.6 Å². The minimum atomic E-state index is -4.62. The van der Waals surface area contributed by atoms with Gasteiger partial charge in [-0.2, -0.15) is 0 Å².